The third-order valence-corrected chi connectivity index (χ3v) is 12.9. The molecule has 3 atom stereocenters. The molecule has 0 aliphatic rings. The Morgan fingerprint density at radius 1 is 0.392 bits per heavy atom. The maximum absolute atomic E-state index is 12.9. The summed E-state index contributed by atoms with van der Waals surface area (Å²) in [6.45, 7) is 4.35. The summed E-state index contributed by atoms with van der Waals surface area (Å²) in [5.74, 6) is -1.52. The molecular weight excluding hydrogens is 952 g/mol. The Hall–Kier alpha value is -3.60. The predicted octanol–water partition coefficient (Wildman–Crippen LogP) is 17.3. The van der Waals surface area contributed by atoms with Gasteiger partial charge < -0.3 is 24.2 Å². The highest BCUT2D eigenvalue weighted by Crippen LogP contribution is 2.43. The number of aliphatic hydroxyl groups is 1. The van der Waals surface area contributed by atoms with Gasteiger partial charge in [0.25, 0.3) is 0 Å². The standard InChI is InChI=1S/C62H105O11P/c1-4-7-10-13-16-19-22-25-27-28-29-30-32-35-38-41-44-47-50-53-62(66)73-59(55-69-60(64)51-48-45-42-39-36-34-31-26-23-20-17-14-11-8-5-2)57-71-74(67,68)70-56-58(54-63)72-61(65)52-49-46-43-40-37-33-24-21-18-15-12-9-6-3/h7,9-10,12,16,18-19,21,25-27,29-31,33,37,58-59,63H,4-6,8,11,13-15,17,20,22-24,28,32,34-36,38-57H2,1-3H3,(H,67,68)/b10-7-,12-9-,19-16-,21-18-,27-25-,30-29-,31-26-,37-33-. The first-order valence-electron chi connectivity index (χ1n) is 29.1. The lowest BCUT2D eigenvalue weighted by molar-refractivity contribution is -0.161. The lowest BCUT2D eigenvalue weighted by Crippen LogP contribution is -2.30. The molecule has 0 fully saturated rings. The predicted molar refractivity (Wildman–Crippen MR) is 307 cm³/mol. The van der Waals surface area contributed by atoms with E-state index in [1.807, 2.05) is 0 Å². The highest BCUT2D eigenvalue weighted by molar-refractivity contribution is 7.47. The van der Waals surface area contributed by atoms with Crippen LogP contribution in [0.5, 0.6) is 0 Å². The van der Waals surface area contributed by atoms with Gasteiger partial charge in [-0.05, 0) is 116 Å². The number of esters is 3. The van der Waals surface area contributed by atoms with Crippen LogP contribution < -0.4 is 0 Å². The third kappa shape index (κ3) is 53.2. The van der Waals surface area contributed by atoms with Gasteiger partial charge in [0, 0.05) is 19.3 Å². The SMILES string of the molecule is CC/C=C\C/C=C\C/C=C\C/C=C\CCCCCCCCC(=O)OC(COC(=O)CCCCCCC/C=C\CCCCCCCC)COP(=O)(O)OCC(CO)OC(=O)CCCCC/C=C\C/C=C\C/C=C\CC. The van der Waals surface area contributed by atoms with Crippen molar-refractivity contribution in [1.29, 1.82) is 0 Å². The van der Waals surface area contributed by atoms with Crippen LogP contribution in [0.15, 0.2) is 97.2 Å². The van der Waals surface area contributed by atoms with Gasteiger partial charge in [0.15, 0.2) is 6.10 Å². The molecule has 2 N–H and O–H groups in total. The van der Waals surface area contributed by atoms with E-state index in [1.165, 1.54) is 38.5 Å². The van der Waals surface area contributed by atoms with Crippen molar-refractivity contribution in [2.75, 3.05) is 26.4 Å². The van der Waals surface area contributed by atoms with Gasteiger partial charge in [0.05, 0.1) is 19.8 Å². The van der Waals surface area contributed by atoms with Gasteiger partial charge in [-0.15, -0.1) is 0 Å². The minimum absolute atomic E-state index is 0.137. The number of rotatable bonds is 53. The van der Waals surface area contributed by atoms with Gasteiger partial charge in [0.1, 0.15) is 12.7 Å². The van der Waals surface area contributed by atoms with E-state index in [0.29, 0.717) is 19.3 Å². The number of ether oxygens (including phenoxy) is 3. The second kappa shape index (κ2) is 55.6. The number of unbranched alkanes of at least 4 members (excludes halogenated alkanes) is 20. The number of phosphoric acid groups is 1. The highest BCUT2D eigenvalue weighted by Gasteiger charge is 2.28. The number of carbonyl (C=O) groups excluding carboxylic acids is 3. The summed E-state index contributed by atoms with van der Waals surface area (Å²) < 4.78 is 39.5. The van der Waals surface area contributed by atoms with Crippen LogP contribution in [0.4, 0.5) is 0 Å². The molecule has 0 amide bonds. The van der Waals surface area contributed by atoms with Crippen LogP contribution in [0, 0.1) is 0 Å². The van der Waals surface area contributed by atoms with E-state index in [9.17, 15) is 28.9 Å². The van der Waals surface area contributed by atoms with Crippen LogP contribution in [0.3, 0.4) is 0 Å². The number of hydrogen-bond donors (Lipinski definition) is 2. The zero-order chi connectivity index (χ0) is 54.1. The molecule has 0 saturated carbocycles. The Kier molecular flexibility index (Phi) is 52.9. The van der Waals surface area contributed by atoms with Crippen LogP contribution in [0.2, 0.25) is 0 Å². The second-order valence-electron chi connectivity index (χ2n) is 19.0. The molecule has 0 spiro atoms. The van der Waals surface area contributed by atoms with Gasteiger partial charge >= 0.3 is 25.7 Å². The molecule has 74 heavy (non-hydrogen) atoms. The van der Waals surface area contributed by atoms with Crippen LogP contribution in [0.25, 0.3) is 0 Å². The molecule has 0 heterocycles. The smallest absolute Gasteiger partial charge is 0.462 e. The molecule has 0 rings (SSSR count). The first-order chi connectivity index (χ1) is 36.2. The minimum atomic E-state index is -4.77. The summed E-state index contributed by atoms with van der Waals surface area (Å²) in [5, 5.41) is 9.80. The van der Waals surface area contributed by atoms with Crippen molar-refractivity contribution in [3.8, 4) is 0 Å². The fourth-order valence-electron chi connectivity index (χ4n) is 7.59. The molecule has 0 bridgehead atoms. The summed E-state index contributed by atoms with van der Waals surface area (Å²) in [4.78, 5) is 48.5. The average Bonchev–Trinajstić information content (AvgIpc) is 3.39. The number of allylic oxidation sites excluding steroid dienone is 16. The van der Waals surface area contributed by atoms with E-state index in [-0.39, 0.29) is 25.9 Å². The van der Waals surface area contributed by atoms with E-state index in [1.54, 1.807) is 0 Å². The second-order valence-corrected chi connectivity index (χ2v) is 20.5. The monoisotopic (exact) mass is 1060 g/mol. The molecule has 0 aromatic carbocycles. The Morgan fingerprint density at radius 3 is 1.11 bits per heavy atom. The van der Waals surface area contributed by atoms with Crippen molar-refractivity contribution in [3.63, 3.8) is 0 Å². The maximum Gasteiger partial charge on any atom is 0.472 e. The molecule has 3 unspecified atom stereocenters. The van der Waals surface area contributed by atoms with E-state index >= 15 is 0 Å². The molecule has 0 aromatic rings. The van der Waals surface area contributed by atoms with Crippen molar-refractivity contribution in [2.45, 2.75) is 251 Å². The Labute approximate surface area is 451 Å². The first-order valence-corrected chi connectivity index (χ1v) is 30.6. The normalized spacial score (nSPS) is 14.1. The van der Waals surface area contributed by atoms with Crippen molar-refractivity contribution in [1.82, 2.24) is 0 Å². The molecule has 11 nitrogen and oxygen atoms in total. The average molecular weight is 1060 g/mol. The summed E-state index contributed by atoms with van der Waals surface area (Å²) in [7, 11) is -4.77. The van der Waals surface area contributed by atoms with E-state index in [4.69, 9.17) is 23.3 Å². The summed E-state index contributed by atoms with van der Waals surface area (Å²) >= 11 is 0. The van der Waals surface area contributed by atoms with Crippen molar-refractivity contribution in [3.05, 3.63) is 97.2 Å². The molecule has 0 radical (unpaired) electrons. The summed E-state index contributed by atoms with van der Waals surface area (Å²) in [6, 6.07) is 0. The molecule has 0 aliphatic carbocycles. The summed E-state index contributed by atoms with van der Waals surface area (Å²) in [6.07, 6.45) is 65.1. The lowest BCUT2D eigenvalue weighted by Gasteiger charge is -2.21. The van der Waals surface area contributed by atoms with Gasteiger partial charge in [-0.25, -0.2) is 4.57 Å². The van der Waals surface area contributed by atoms with Gasteiger partial charge in [-0.2, -0.15) is 0 Å². The van der Waals surface area contributed by atoms with Crippen LogP contribution in [0.1, 0.15) is 239 Å². The molecule has 0 saturated heterocycles. The van der Waals surface area contributed by atoms with Crippen molar-refractivity contribution >= 4 is 25.7 Å². The fourth-order valence-corrected chi connectivity index (χ4v) is 8.37. The van der Waals surface area contributed by atoms with Gasteiger partial charge in [-0.3, -0.25) is 23.4 Å². The largest absolute Gasteiger partial charge is 0.472 e. The zero-order valence-electron chi connectivity index (χ0n) is 46.8. The quantitative estimate of drug-likeness (QED) is 0.0197. The van der Waals surface area contributed by atoms with E-state index in [2.05, 4.69) is 118 Å². The maximum atomic E-state index is 12.9. The zero-order valence-corrected chi connectivity index (χ0v) is 47.7. The third-order valence-electron chi connectivity index (χ3n) is 12.0. The van der Waals surface area contributed by atoms with Crippen LogP contribution in [-0.4, -0.2) is 66.5 Å². The number of phosphoric ester groups is 1. The topological polar surface area (TPSA) is 155 Å². The molecule has 12 heteroatoms. The molecule has 0 aliphatic heterocycles. The van der Waals surface area contributed by atoms with E-state index in [0.717, 1.165) is 141 Å². The van der Waals surface area contributed by atoms with Gasteiger partial charge in [0.2, 0.25) is 0 Å². The van der Waals surface area contributed by atoms with Crippen molar-refractivity contribution in [2.24, 2.45) is 0 Å². The Bertz CT molecular complexity index is 1610. The molecule has 0 aromatic heterocycles. The van der Waals surface area contributed by atoms with Crippen LogP contribution in [-0.2, 0) is 42.2 Å². The first kappa shape index (κ1) is 70.4. The van der Waals surface area contributed by atoms with Gasteiger partial charge in [-0.1, -0.05) is 201 Å². The Balaban J connectivity index is 4.80. The lowest BCUT2D eigenvalue weighted by atomic mass is 10.1. The minimum Gasteiger partial charge on any atom is -0.462 e. The highest BCUT2D eigenvalue weighted by atomic mass is 31.2. The molecule has 424 valence electrons. The number of carbonyl (C=O) groups is 3. The molecular formula is C62H105O11P. The van der Waals surface area contributed by atoms with Crippen LogP contribution >= 0.6 is 7.82 Å². The van der Waals surface area contributed by atoms with Crippen molar-refractivity contribution < 1.29 is 52.2 Å². The number of hydrogen-bond acceptors (Lipinski definition) is 10. The number of aliphatic hydroxyl groups excluding tert-OH is 1. The Morgan fingerprint density at radius 2 is 0.703 bits per heavy atom. The summed E-state index contributed by atoms with van der Waals surface area (Å²) in [5.41, 5.74) is 0. The van der Waals surface area contributed by atoms with E-state index < -0.39 is 57.8 Å². The fraction of sp³-hybridized carbons (Fsp3) is 0.694.